The molecule has 1 saturated heterocycles. The molecule has 3 N–H and O–H groups in total. The Balaban J connectivity index is 1.96. The fraction of sp³-hybridized carbons (Fsp3) is 0.875. The maximum Gasteiger partial charge on any atom is 0.111 e. The van der Waals surface area contributed by atoms with Crippen LogP contribution in [-0.2, 0) is 9.47 Å². The van der Waals surface area contributed by atoms with Crippen molar-refractivity contribution in [1.29, 1.82) is 0 Å². The Morgan fingerprint density at radius 2 is 1.81 bits per heavy atom. The summed E-state index contributed by atoms with van der Waals surface area (Å²) < 4.78 is 10.7. The van der Waals surface area contributed by atoms with Crippen LogP contribution in [0, 0.1) is 0 Å². The number of hydrogen-bond donors (Lipinski definition) is 3. The zero-order chi connectivity index (χ0) is 15.5. The van der Waals surface area contributed by atoms with Crippen molar-refractivity contribution in [1.82, 2.24) is 0 Å². The van der Waals surface area contributed by atoms with Gasteiger partial charge in [0.05, 0.1) is 13.2 Å². The standard InChI is InChI=1S/C16H30O5/c1-2-3-4-5-6-7-8-9-10-20-12-14-16(19)15(18)13(17)11-21-14/h3-4,13-19H,2,5-12H2,1H3/b4-3+/t13-,14+,15+,16+/m1/s1. The third-order valence-electron chi connectivity index (χ3n) is 3.70. The highest BCUT2D eigenvalue weighted by Crippen LogP contribution is 2.16. The molecule has 21 heavy (non-hydrogen) atoms. The monoisotopic (exact) mass is 302 g/mol. The first-order chi connectivity index (χ1) is 10.2. The summed E-state index contributed by atoms with van der Waals surface area (Å²) in [5.41, 5.74) is 0. The summed E-state index contributed by atoms with van der Waals surface area (Å²) in [6.07, 6.45) is 7.42. The van der Waals surface area contributed by atoms with E-state index < -0.39 is 24.4 Å². The molecular formula is C16H30O5. The minimum Gasteiger partial charge on any atom is -0.388 e. The Morgan fingerprint density at radius 3 is 2.57 bits per heavy atom. The molecule has 0 spiro atoms. The first kappa shape index (κ1) is 18.6. The van der Waals surface area contributed by atoms with E-state index in [2.05, 4.69) is 19.1 Å². The van der Waals surface area contributed by atoms with E-state index in [1.807, 2.05) is 0 Å². The van der Waals surface area contributed by atoms with Gasteiger partial charge in [-0.05, 0) is 25.7 Å². The normalized spacial score (nSPS) is 30.1. The summed E-state index contributed by atoms with van der Waals surface area (Å²) in [5, 5.41) is 28.6. The van der Waals surface area contributed by atoms with Gasteiger partial charge < -0.3 is 24.8 Å². The molecule has 1 aliphatic rings. The highest BCUT2D eigenvalue weighted by atomic mass is 16.6. The van der Waals surface area contributed by atoms with E-state index in [0.29, 0.717) is 6.61 Å². The predicted octanol–water partition coefficient (Wildman–Crippen LogP) is 1.40. The van der Waals surface area contributed by atoms with E-state index in [-0.39, 0.29) is 13.2 Å². The molecule has 0 radical (unpaired) electrons. The Bertz CT molecular complexity index is 282. The van der Waals surface area contributed by atoms with Gasteiger partial charge in [0.15, 0.2) is 0 Å². The van der Waals surface area contributed by atoms with Gasteiger partial charge in [0, 0.05) is 6.61 Å². The molecule has 0 amide bonds. The summed E-state index contributed by atoms with van der Waals surface area (Å²) in [6.45, 7) is 3.07. The van der Waals surface area contributed by atoms with Crippen molar-refractivity contribution in [3.05, 3.63) is 12.2 Å². The number of aliphatic hydroxyl groups excluding tert-OH is 3. The van der Waals surface area contributed by atoms with E-state index in [1.165, 1.54) is 12.8 Å². The van der Waals surface area contributed by atoms with Crippen molar-refractivity contribution in [3.63, 3.8) is 0 Å². The third-order valence-corrected chi connectivity index (χ3v) is 3.70. The predicted molar refractivity (Wildman–Crippen MR) is 81.1 cm³/mol. The van der Waals surface area contributed by atoms with Crippen molar-refractivity contribution in [2.45, 2.75) is 69.9 Å². The fourth-order valence-corrected chi connectivity index (χ4v) is 2.32. The Labute approximate surface area is 127 Å². The summed E-state index contributed by atoms with van der Waals surface area (Å²) in [5.74, 6) is 0. The second-order valence-electron chi connectivity index (χ2n) is 5.58. The van der Waals surface area contributed by atoms with Gasteiger partial charge in [0.1, 0.15) is 24.4 Å². The van der Waals surface area contributed by atoms with Crippen molar-refractivity contribution in [2.24, 2.45) is 0 Å². The zero-order valence-electron chi connectivity index (χ0n) is 13.0. The number of ether oxygens (including phenoxy) is 2. The molecule has 1 heterocycles. The molecule has 1 rings (SSSR count). The quantitative estimate of drug-likeness (QED) is 0.420. The summed E-state index contributed by atoms with van der Waals surface area (Å²) in [4.78, 5) is 0. The highest BCUT2D eigenvalue weighted by molar-refractivity contribution is 4.86. The van der Waals surface area contributed by atoms with Crippen LogP contribution < -0.4 is 0 Å². The molecule has 124 valence electrons. The van der Waals surface area contributed by atoms with Crippen LogP contribution in [-0.4, -0.2) is 59.6 Å². The molecule has 0 aliphatic carbocycles. The van der Waals surface area contributed by atoms with E-state index in [1.54, 1.807) is 0 Å². The molecule has 0 aromatic heterocycles. The molecule has 5 nitrogen and oxygen atoms in total. The van der Waals surface area contributed by atoms with E-state index >= 15 is 0 Å². The Hall–Kier alpha value is -0.460. The Kier molecular flexibility index (Phi) is 9.87. The summed E-state index contributed by atoms with van der Waals surface area (Å²) in [7, 11) is 0. The number of rotatable bonds is 10. The topological polar surface area (TPSA) is 79.2 Å². The summed E-state index contributed by atoms with van der Waals surface area (Å²) in [6, 6.07) is 0. The Morgan fingerprint density at radius 1 is 1.05 bits per heavy atom. The highest BCUT2D eigenvalue weighted by Gasteiger charge is 2.37. The SMILES string of the molecule is CC/C=C/CCCCCCOC[C@@H]1OC[C@@H](O)[C@H](O)[C@H]1O. The molecule has 5 heteroatoms. The van der Waals surface area contributed by atoms with Gasteiger partial charge in [-0.3, -0.25) is 0 Å². The first-order valence-corrected chi connectivity index (χ1v) is 8.05. The van der Waals surface area contributed by atoms with Gasteiger partial charge in [-0.2, -0.15) is 0 Å². The number of allylic oxidation sites excluding steroid dienone is 2. The van der Waals surface area contributed by atoms with Crippen LogP contribution >= 0.6 is 0 Å². The first-order valence-electron chi connectivity index (χ1n) is 8.05. The molecule has 0 aromatic carbocycles. The van der Waals surface area contributed by atoms with Crippen LogP contribution in [0.3, 0.4) is 0 Å². The van der Waals surface area contributed by atoms with Crippen molar-refractivity contribution in [3.8, 4) is 0 Å². The fourth-order valence-electron chi connectivity index (χ4n) is 2.32. The number of unbranched alkanes of at least 4 members (excludes halogenated alkanes) is 4. The maximum absolute atomic E-state index is 9.73. The molecule has 1 fully saturated rings. The average Bonchev–Trinajstić information content (AvgIpc) is 2.49. The van der Waals surface area contributed by atoms with Gasteiger partial charge in [0.25, 0.3) is 0 Å². The molecule has 4 atom stereocenters. The molecule has 0 unspecified atom stereocenters. The minimum absolute atomic E-state index is 0.0392. The van der Waals surface area contributed by atoms with Crippen LogP contribution in [0.2, 0.25) is 0 Å². The van der Waals surface area contributed by atoms with E-state index in [4.69, 9.17) is 9.47 Å². The second kappa shape index (κ2) is 11.2. The zero-order valence-corrected chi connectivity index (χ0v) is 13.0. The van der Waals surface area contributed by atoms with Crippen LogP contribution in [0.15, 0.2) is 12.2 Å². The lowest BCUT2D eigenvalue weighted by molar-refractivity contribution is -0.199. The van der Waals surface area contributed by atoms with Crippen LogP contribution in [0.1, 0.15) is 45.4 Å². The van der Waals surface area contributed by atoms with Crippen molar-refractivity contribution >= 4 is 0 Å². The second-order valence-corrected chi connectivity index (χ2v) is 5.58. The molecule has 0 bridgehead atoms. The van der Waals surface area contributed by atoms with Gasteiger partial charge in [0.2, 0.25) is 0 Å². The van der Waals surface area contributed by atoms with Crippen molar-refractivity contribution in [2.75, 3.05) is 19.8 Å². The average molecular weight is 302 g/mol. The maximum atomic E-state index is 9.73. The van der Waals surface area contributed by atoms with Gasteiger partial charge in [-0.25, -0.2) is 0 Å². The smallest absolute Gasteiger partial charge is 0.111 e. The van der Waals surface area contributed by atoms with Crippen LogP contribution in [0.5, 0.6) is 0 Å². The van der Waals surface area contributed by atoms with Gasteiger partial charge in [-0.15, -0.1) is 0 Å². The molecule has 0 saturated carbocycles. The van der Waals surface area contributed by atoms with Crippen LogP contribution in [0.4, 0.5) is 0 Å². The van der Waals surface area contributed by atoms with E-state index in [9.17, 15) is 15.3 Å². The van der Waals surface area contributed by atoms with Crippen LogP contribution in [0.25, 0.3) is 0 Å². The lowest BCUT2D eigenvalue weighted by Gasteiger charge is -2.35. The molecule has 1 aliphatic heterocycles. The van der Waals surface area contributed by atoms with Gasteiger partial charge >= 0.3 is 0 Å². The van der Waals surface area contributed by atoms with Gasteiger partial charge in [-0.1, -0.05) is 31.9 Å². The number of aliphatic hydroxyl groups is 3. The largest absolute Gasteiger partial charge is 0.388 e. The summed E-state index contributed by atoms with van der Waals surface area (Å²) >= 11 is 0. The minimum atomic E-state index is -1.15. The van der Waals surface area contributed by atoms with E-state index in [0.717, 1.165) is 25.7 Å². The van der Waals surface area contributed by atoms with Crippen molar-refractivity contribution < 1.29 is 24.8 Å². The lowest BCUT2D eigenvalue weighted by atomic mass is 10.0. The number of hydrogen-bond acceptors (Lipinski definition) is 5. The lowest BCUT2D eigenvalue weighted by Crippen LogP contribution is -2.54. The molecular weight excluding hydrogens is 272 g/mol. The molecule has 0 aromatic rings. The third kappa shape index (κ3) is 7.38.